The Balaban J connectivity index is 1.72. The normalized spacial score (nSPS) is 24.4. The number of hydrogen-bond acceptors (Lipinski definition) is 3. The fourth-order valence-electron chi connectivity index (χ4n) is 2.77. The Morgan fingerprint density at radius 1 is 1.43 bits per heavy atom. The smallest absolute Gasteiger partial charge is 0.318 e. The number of nitrogens with zero attached hydrogens (tertiary/aromatic N) is 1. The van der Waals surface area contributed by atoms with Gasteiger partial charge in [-0.05, 0) is 12.8 Å². The Bertz CT molecular complexity index is 567. The summed E-state index contributed by atoms with van der Waals surface area (Å²) < 4.78 is 32.2. The van der Waals surface area contributed by atoms with Gasteiger partial charge in [-0.2, -0.15) is 0 Å². The number of ether oxygens (including phenoxy) is 1. The molecule has 1 fully saturated rings. The van der Waals surface area contributed by atoms with Gasteiger partial charge in [-0.1, -0.05) is 0 Å². The quantitative estimate of drug-likeness (QED) is 0.827. The van der Waals surface area contributed by atoms with Gasteiger partial charge in [-0.3, -0.25) is 0 Å². The van der Waals surface area contributed by atoms with Crippen molar-refractivity contribution < 1.29 is 23.4 Å². The zero-order valence-corrected chi connectivity index (χ0v) is 11.3. The van der Waals surface area contributed by atoms with E-state index in [-0.39, 0.29) is 30.5 Å². The standard InChI is InChI=1S/C14H16F2N2O3/c15-8-4-10(16)13-11(7-21-12(13)5-8)17-14(20)18-3-1-2-9(19)6-18/h4-5,9,11,19H,1-3,6-7H2,(H,17,20). The topological polar surface area (TPSA) is 61.8 Å². The van der Waals surface area contributed by atoms with Gasteiger partial charge >= 0.3 is 6.03 Å². The molecule has 2 N–H and O–H groups in total. The number of fused-ring (bicyclic) bond motifs is 1. The lowest BCUT2D eigenvalue weighted by Crippen LogP contribution is -2.48. The molecule has 2 unspecified atom stereocenters. The summed E-state index contributed by atoms with van der Waals surface area (Å²) in [5.74, 6) is -1.32. The summed E-state index contributed by atoms with van der Waals surface area (Å²) >= 11 is 0. The van der Waals surface area contributed by atoms with Crippen LogP contribution in [0.15, 0.2) is 12.1 Å². The first-order valence-electron chi connectivity index (χ1n) is 6.90. The summed E-state index contributed by atoms with van der Waals surface area (Å²) in [4.78, 5) is 13.6. The molecule has 1 aromatic carbocycles. The van der Waals surface area contributed by atoms with Gasteiger partial charge < -0.3 is 20.1 Å². The van der Waals surface area contributed by atoms with Gasteiger partial charge in [0.05, 0.1) is 17.7 Å². The lowest BCUT2D eigenvalue weighted by atomic mass is 10.1. The van der Waals surface area contributed by atoms with Crippen LogP contribution in [0.25, 0.3) is 0 Å². The van der Waals surface area contributed by atoms with Gasteiger partial charge in [0.15, 0.2) is 0 Å². The van der Waals surface area contributed by atoms with Crippen LogP contribution >= 0.6 is 0 Å². The van der Waals surface area contributed by atoms with E-state index in [0.29, 0.717) is 13.0 Å². The van der Waals surface area contributed by atoms with Gasteiger partial charge in [0.25, 0.3) is 0 Å². The van der Waals surface area contributed by atoms with Crippen LogP contribution in [0.3, 0.4) is 0 Å². The van der Waals surface area contributed by atoms with Crippen molar-refractivity contribution in [2.24, 2.45) is 0 Å². The summed E-state index contributed by atoms with van der Waals surface area (Å²) in [6.07, 6.45) is 0.876. The Morgan fingerprint density at radius 3 is 3.00 bits per heavy atom. The number of aliphatic hydroxyl groups excluding tert-OH is 1. The minimum atomic E-state index is -0.730. The second kappa shape index (κ2) is 5.48. The number of urea groups is 1. The highest BCUT2D eigenvalue weighted by Crippen LogP contribution is 2.35. The number of likely N-dealkylation sites (tertiary alicyclic amines) is 1. The Hall–Kier alpha value is -1.89. The SMILES string of the molecule is O=C(NC1COc2cc(F)cc(F)c21)N1CCCC(O)C1. The molecule has 0 aromatic heterocycles. The van der Waals surface area contributed by atoms with Crippen LogP contribution in [0.5, 0.6) is 5.75 Å². The van der Waals surface area contributed by atoms with Gasteiger partial charge in [0.2, 0.25) is 0 Å². The molecule has 2 heterocycles. The molecule has 0 bridgehead atoms. The molecular weight excluding hydrogens is 282 g/mol. The first-order chi connectivity index (χ1) is 10.0. The number of benzene rings is 1. The molecule has 7 heteroatoms. The zero-order chi connectivity index (χ0) is 15.0. The molecule has 2 amide bonds. The second-order valence-electron chi connectivity index (χ2n) is 5.35. The monoisotopic (exact) mass is 298 g/mol. The van der Waals surface area contributed by atoms with E-state index in [0.717, 1.165) is 18.6 Å². The van der Waals surface area contributed by atoms with E-state index in [4.69, 9.17) is 4.74 Å². The molecule has 0 saturated carbocycles. The molecule has 0 radical (unpaired) electrons. The highest BCUT2D eigenvalue weighted by Gasteiger charge is 2.32. The molecule has 2 atom stereocenters. The highest BCUT2D eigenvalue weighted by atomic mass is 19.1. The van der Waals surface area contributed by atoms with Gasteiger partial charge in [-0.15, -0.1) is 0 Å². The number of carbonyl (C=O) groups excluding carboxylic acids is 1. The van der Waals surface area contributed by atoms with Crippen molar-refractivity contribution in [3.8, 4) is 5.75 Å². The average molecular weight is 298 g/mol. The van der Waals surface area contributed by atoms with Crippen molar-refractivity contribution in [2.45, 2.75) is 25.0 Å². The lowest BCUT2D eigenvalue weighted by Gasteiger charge is -2.31. The number of aliphatic hydroxyl groups is 1. The number of β-amino-alcohol motifs (C(OH)–C–C–N with tert-alkyl or cyclic N) is 1. The third-order valence-corrected chi connectivity index (χ3v) is 3.79. The average Bonchev–Trinajstić information content (AvgIpc) is 2.81. The van der Waals surface area contributed by atoms with Crippen molar-refractivity contribution in [3.63, 3.8) is 0 Å². The third kappa shape index (κ3) is 2.78. The maximum Gasteiger partial charge on any atom is 0.318 e. The number of hydrogen-bond donors (Lipinski definition) is 2. The maximum atomic E-state index is 13.8. The van der Waals surface area contributed by atoms with Crippen molar-refractivity contribution in [1.82, 2.24) is 10.2 Å². The molecule has 21 heavy (non-hydrogen) atoms. The molecule has 0 aliphatic carbocycles. The number of carbonyl (C=O) groups is 1. The largest absolute Gasteiger partial charge is 0.490 e. The van der Waals surface area contributed by atoms with Crippen LogP contribution in [-0.4, -0.2) is 41.8 Å². The molecule has 114 valence electrons. The van der Waals surface area contributed by atoms with Crippen LogP contribution in [0, 0.1) is 11.6 Å². The minimum Gasteiger partial charge on any atom is -0.490 e. The first-order valence-corrected chi connectivity index (χ1v) is 6.90. The van der Waals surface area contributed by atoms with E-state index < -0.39 is 23.8 Å². The summed E-state index contributed by atoms with van der Waals surface area (Å²) in [5, 5.41) is 12.2. The van der Waals surface area contributed by atoms with Gasteiger partial charge in [0, 0.05) is 25.2 Å². The summed E-state index contributed by atoms with van der Waals surface area (Å²) in [7, 11) is 0. The number of piperidine rings is 1. The fraction of sp³-hybridized carbons (Fsp3) is 0.500. The summed E-state index contributed by atoms with van der Waals surface area (Å²) in [5.41, 5.74) is 0.169. The summed E-state index contributed by atoms with van der Waals surface area (Å²) in [6.45, 7) is 0.880. The Morgan fingerprint density at radius 2 is 2.24 bits per heavy atom. The number of rotatable bonds is 1. The predicted octanol–water partition coefficient (Wildman–Crippen LogP) is 1.56. The van der Waals surface area contributed by atoms with Crippen molar-refractivity contribution >= 4 is 6.03 Å². The van der Waals surface area contributed by atoms with Gasteiger partial charge in [0.1, 0.15) is 24.0 Å². The van der Waals surface area contributed by atoms with Crippen LogP contribution in [-0.2, 0) is 0 Å². The molecule has 5 nitrogen and oxygen atoms in total. The number of halogens is 2. The minimum absolute atomic E-state index is 0.0673. The fourth-order valence-corrected chi connectivity index (χ4v) is 2.77. The van der Waals surface area contributed by atoms with Crippen LogP contribution in [0.4, 0.5) is 13.6 Å². The van der Waals surface area contributed by atoms with Gasteiger partial charge in [-0.25, -0.2) is 13.6 Å². The second-order valence-corrected chi connectivity index (χ2v) is 5.35. The zero-order valence-electron chi connectivity index (χ0n) is 11.3. The number of amides is 2. The third-order valence-electron chi connectivity index (χ3n) is 3.79. The van der Waals surface area contributed by atoms with Crippen LogP contribution in [0.2, 0.25) is 0 Å². The Kier molecular flexibility index (Phi) is 3.67. The van der Waals surface area contributed by atoms with E-state index >= 15 is 0 Å². The molecule has 1 saturated heterocycles. The van der Waals surface area contributed by atoms with Crippen molar-refractivity contribution in [3.05, 3.63) is 29.3 Å². The maximum absolute atomic E-state index is 13.8. The van der Waals surface area contributed by atoms with Crippen LogP contribution < -0.4 is 10.1 Å². The lowest BCUT2D eigenvalue weighted by molar-refractivity contribution is 0.0829. The first kappa shape index (κ1) is 14.1. The molecule has 2 aliphatic rings. The summed E-state index contributed by atoms with van der Waals surface area (Å²) in [6, 6.07) is 0.859. The van der Waals surface area contributed by atoms with E-state index in [1.54, 1.807) is 0 Å². The van der Waals surface area contributed by atoms with E-state index in [2.05, 4.69) is 5.32 Å². The molecule has 0 spiro atoms. The molecular formula is C14H16F2N2O3. The van der Waals surface area contributed by atoms with Crippen molar-refractivity contribution in [1.29, 1.82) is 0 Å². The van der Waals surface area contributed by atoms with Crippen molar-refractivity contribution in [2.75, 3.05) is 19.7 Å². The molecule has 2 aliphatic heterocycles. The highest BCUT2D eigenvalue weighted by molar-refractivity contribution is 5.75. The predicted molar refractivity (Wildman–Crippen MR) is 69.9 cm³/mol. The molecule has 3 rings (SSSR count). The molecule has 1 aromatic rings. The van der Waals surface area contributed by atoms with E-state index in [9.17, 15) is 18.7 Å². The van der Waals surface area contributed by atoms with E-state index in [1.165, 1.54) is 4.90 Å². The Labute approximate surface area is 120 Å². The van der Waals surface area contributed by atoms with Crippen LogP contribution in [0.1, 0.15) is 24.4 Å². The van der Waals surface area contributed by atoms with E-state index in [1.807, 2.05) is 0 Å². The number of nitrogens with one attached hydrogen (secondary N) is 1.